The zero-order valence-corrected chi connectivity index (χ0v) is 27.1. The van der Waals surface area contributed by atoms with Crippen LogP contribution in [0.15, 0.2) is 23.7 Å². The molecule has 0 bridgehead atoms. The Labute approximate surface area is 258 Å². The molecule has 1 aromatic heterocycles. The van der Waals surface area contributed by atoms with Crippen molar-refractivity contribution in [3.63, 3.8) is 0 Å². The van der Waals surface area contributed by atoms with E-state index in [1.54, 1.807) is 16.8 Å². The van der Waals surface area contributed by atoms with Crippen molar-refractivity contribution in [1.29, 1.82) is 0 Å². The Balaban J connectivity index is 1.56. The van der Waals surface area contributed by atoms with E-state index in [9.17, 15) is 19.5 Å². The Morgan fingerprint density at radius 3 is 2.40 bits per heavy atom. The number of aliphatic hydroxyl groups is 1. The predicted octanol–water partition coefficient (Wildman–Crippen LogP) is 4.42. The summed E-state index contributed by atoms with van der Waals surface area (Å²) in [7, 11) is 0. The zero-order valence-electron chi connectivity index (χ0n) is 26.3. The van der Waals surface area contributed by atoms with E-state index in [0.29, 0.717) is 18.6 Å². The van der Waals surface area contributed by atoms with Crippen LogP contribution in [0.4, 0.5) is 0 Å². The number of β-amino-alcohol motifs (C(OH)–C–C–N with tert-alkyl or cyclic N) is 1. The number of ether oxygens (including phenoxy) is 1. The lowest BCUT2D eigenvalue weighted by Gasteiger charge is -2.35. The third kappa shape index (κ3) is 7.19. The Morgan fingerprint density at radius 2 is 1.86 bits per heavy atom. The van der Waals surface area contributed by atoms with Gasteiger partial charge in [0.15, 0.2) is 0 Å². The molecule has 11 heteroatoms. The lowest BCUT2D eigenvalue weighted by Crippen LogP contribution is -2.59. The van der Waals surface area contributed by atoms with E-state index in [-0.39, 0.29) is 13.0 Å². The number of hydrogen-bond donors (Lipinski definition) is 3. The Kier molecular flexibility index (Phi) is 8.96. The number of aromatic nitrogens is 1. The average molecular weight is 610 g/mol. The van der Waals surface area contributed by atoms with Gasteiger partial charge in [0.05, 0.1) is 28.2 Å². The summed E-state index contributed by atoms with van der Waals surface area (Å²) in [5, 5.41) is 16.4. The normalized spacial score (nSPS) is 21.0. The van der Waals surface area contributed by atoms with Crippen LogP contribution in [0.3, 0.4) is 0 Å². The van der Waals surface area contributed by atoms with E-state index in [1.165, 1.54) is 4.90 Å². The van der Waals surface area contributed by atoms with Gasteiger partial charge in [0.25, 0.3) is 0 Å². The number of amides is 3. The van der Waals surface area contributed by atoms with Crippen molar-refractivity contribution in [2.45, 2.75) is 110 Å². The van der Waals surface area contributed by atoms with Gasteiger partial charge in [-0.05, 0) is 51.7 Å². The van der Waals surface area contributed by atoms with Crippen LogP contribution >= 0.6 is 11.3 Å². The predicted molar refractivity (Wildman–Crippen MR) is 165 cm³/mol. The quantitative estimate of drug-likeness (QED) is 0.381. The van der Waals surface area contributed by atoms with Crippen LogP contribution in [0.5, 0.6) is 5.75 Å². The maximum absolute atomic E-state index is 13.9. The molecule has 4 atom stereocenters. The Hall–Kier alpha value is -3.49. The molecular formula is C32H43N5O5S. The summed E-state index contributed by atoms with van der Waals surface area (Å²) in [5.74, 6) is -0.685. The number of rotatable bonds is 8. The van der Waals surface area contributed by atoms with Crippen LogP contribution in [-0.4, -0.2) is 68.6 Å². The van der Waals surface area contributed by atoms with Crippen LogP contribution in [0, 0.1) is 18.9 Å². The minimum absolute atomic E-state index is 0.0248. The minimum Gasteiger partial charge on any atom is -0.488 e. The van der Waals surface area contributed by atoms with Crippen molar-refractivity contribution in [3.05, 3.63) is 46.4 Å². The molecule has 43 heavy (non-hydrogen) atoms. The molecule has 1 saturated heterocycles. The van der Waals surface area contributed by atoms with E-state index < -0.39 is 58.5 Å². The SMILES string of the molecule is [C-]#[N+]C1(C(=O)N[C@H](C(=O)N2C[C@H](O)C[C@H]2C(=O)N[C@@H](C)c2ccc(-c3scnc3C)cc2OC(C)(C)C)C(C)(C)C)CC1. The molecular weight excluding hydrogens is 566 g/mol. The fourth-order valence-corrected chi connectivity index (χ4v) is 6.11. The third-order valence-electron chi connectivity index (χ3n) is 7.88. The zero-order chi connectivity index (χ0) is 31.9. The largest absolute Gasteiger partial charge is 0.488 e. The van der Waals surface area contributed by atoms with Crippen molar-refractivity contribution in [1.82, 2.24) is 20.5 Å². The topological polar surface area (TPSA) is 125 Å². The summed E-state index contributed by atoms with van der Waals surface area (Å²) in [4.78, 5) is 50.8. The van der Waals surface area contributed by atoms with Crippen molar-refractivity contribution >= 4 is 29.1 Å². The number of thiazole rings is 1. The maximum atomic E-state index is 13.9. The van der Waals surface area contributed by atoms with Crippen LogP contribution < -0.4 is 15.4 Å². The fourth-order valence-electron chi connectivity index (χ4n) is 5.31. The monoisotopic (exact) mass is 609 g/mol. The molecule has 0 radical (unpaired) electrons. The van der Waals surface area contributed by atoms with Crippen LogP contribution in [0.2, 0.25) is 0 Å². The number of hydrogen-bond acceptors (Lipinski definition) is 7. The molecule has 1 aromatic carbocycles. The van der Waals surface area contributed by atoms with Crippen molar-refractivity contribution in [3.8, 4) is 16.2 Å². The van der Waals surface area contributed by atoms with Gasteiger partial charge in [-0.3, -0.25) is 19.2 Å². The smallest absolute Gasteiger partial charge is 0.309 e. The third-order valence-corrected chi connectivity index (χ3v) is 8.85. The van der Waals surface area contributed by atoms with Crippen LogP contribution in [-0.2, 0) is 14.4 Å². The Bertz CT molecular complexity index is 1430. The maximum Gasteiger partial charge on any atom is 0.309 e. The van der Waals surface area contributed by atoms with Gasteiger partial charge in [-0.2, -0.15) is 0 Å². The summed E-state index contributed by atoms with van der Waals surface area (Å²) >= 11 is 1.55. The summed E-state index contributed by atoms with van der Waals surface area (Å²) < 4.78 is 6.33. The highest BCUT2D eigenvalue weighted by Gasteiger charge is 2.59. The van der Waals surface area contributed by atoms with Gasteiger partial charge in [-0.1, -0.05) is 32.9 Å². The van der Waals surface area contributed by atoms with Gasteiger partial charge < -0.3 is 25.4 Å². The van der Waals surface area contributed by atoms with E-state index in [1.807, 2.05) is 73.6 Å². The number of nitrogens with one attached hydrogen (secondary N) is 2. The number of aliphatic hydroxyl groups excluding tert-OH is 1. The van der Waals surface area contributed by atoms with Crippen molar-refractivity contribution in [2.75, 3.05) is 6.54 Å². The van der Waals surface area contributed by atoms with E-state index in [0.717, 1.165) is 21.7 Å². The molecule has 0 spiro atoms. The second kappa shape index (κ2) is 11.9. The second-order valence-corrected chi connectivity index (χ2v) is 14.6. The molecule has 2 fully saturated rings. The number of benzene rings is 1. The van der Waals surface area contributed by atoms with E-state index in [2.05, 4.69) is 20.5 Å². The van der Waals surface area contributed by atoms with Gasteiger partial charge >= 0.3 is 11.4 Å². The molecule has 3 N–H and O–H groups in total. The molecule has 232 valence electrons. The first-order valence-corrected chi connectivity index (χ1v) is 15.6. The molecule has 1 aliphatic carbocycles. The van der Waals surface area contributed by atoms with Crippen LogP contribution in [0.25, 0.3) is 15.3 Å². The molecule has 0 unspecified atom stereocenters. The summed E-state index contributed by atoms with van der Waals surface area (Å²) in [6.45, 7) is 22.6. The first-order chi connectivity index (χ1) is 20.0. The second-order valence-electron chi connectivity index (χ2n) is 13.8. The number of nitrogens with zero attached hydrogens (tertiary/aromatic N) is 3. The molecule has 2 aliphatic rings. The van der Waals surface area contributed by atoms with Crippen molar-refractivity contribution in [2.24, 2.45) is 5.41 Å². The first-order valence-electron chi connectivity index (χ1n) is 14.7. The van der Waals surface area contributed by atoms with Gasteiger partial charge in [0.1, 0.15) is 23.4 Å². The fraction of sp³-hybridized carbons (Fsp3) is 0.594. The molecule has 2 aromatic rings. The lowest BCUT2D eigenvalue weighted by atomic mass is 9.85. The Morgan fingerprint density at radius 1 is 1.19 bits per heavy atom. The standard InChI is InChI=1S/C32H43N5O5S/c1-18(22-11-10-20(25-19(2)34-17-43-25)14-24(22)42-31(6,7)8)35-27(39)23-15-21(38)16-37(23)28(40)26(30(3,4)5)36-29(41)32(33-9)12-13-32/h10-11,14,17-18,21,23,26,38H,12-13,15-16H2,1-8H3,(H,35,39)(H,36,41)/t18-,21+,23-,26+/m0/s1. The highest BCUT2D eigenvalue weighted by molar-refractivity contribution is 7.13. The summed E-state index contributed by atoms with van der Waals surface area (Å²) in [5.41, 5.74) is 2.19. The van der Waals surface area contributed by atoms with Gasteiger partial charge in [-0.25, -0.2) is 11.6 Å². The lowest BCUT2D eigenvalue weighted by molar-refractivity contribution is -0.144. The van der Waals surface area contributed by atoms with E-state index in [4.69, 9.17) is 11.3 Å². The molecule has 10 nitrogen and oxygen atoms in total. The molecule has 1 saturated carbocycles. The average Bonchev–Trinajstić information content (AvgIpc) is 3.44. The van der Waals surface area contributed by atoms with Gasteiger partial charge in [0.2, 0.25) is 11.8 Å². The first kappa shape index (κ1) is 32.4. The number of likely N-dealkylation sites (tertiary alicyclic amines) is 1. The minimum atomic E-state index is -1.11. The molecule has 1 aliphatic heterocycles. The van der Waals surface area contributed by atoms with Gasteiger partial charge in [0, 0.05) is 31.4 Å². The van der Waals surface area contributed by atoms with Gasteiger partial charge in [-0.15, -0.1) is 11.3 Å². The molecule has 3 amide bonds. The number of carbonyl (C=O) groups is 3. The molecule has 2 heterocycles. The van der Waals surface area contributed by atoms with Crippen molar-refractivity contribution < 1.29 is 24.2 Å². The number of carbonyl (C=O) groups excluding carboxylic acids is 3. The van der Waals surface area contributed by atoms with E-state index >= 15 is 0 Å². The highest BCUT2D eigenvalue weighted by Crippen LogP contribution is 2.41. The summed E-state index contributed by atoms with van der Waals surface area (Å²) in [6.07, 6.45) is 0.122. The highest BCUT2D eigenvalue weighted by atomic mass is 32.1. The van der Waals surface area contributed by atoms with Crippen LogP contribution in [0.1, 0.15) is 85.0 Å². The number of aryl methyl sites for hydroxylation is 1. The summed E-state index contributed by atoms with van der Waals surface area (Å²) in [6, 6.07) is 3.52. The molecule has 4 rings (SSSR count).